The van der Waals surface area contributed by atoms with Crippen molar-refractivity contribution >= 4 is 28.7 Å². The van der Waals surface area contributed by atoms with Crippen molar-refractivity contribution in [2.24, 2.45) is 0 Å². The van der Waals surface area contributed by atoms with Crippen molar-refractivity contribution in [3.8, 4) is 5.75 Å². The average Bonchev–Trinajstić information content (AvgIpc) is 2.77. The number of rotatable bonds is 9. The first-order valence-corrected chi connectivity index (χ1v) is 9.50. The summed E-state index contributed by atoms with van der Waals surface area (Å²) in [5.41, 5.74) is 1.31. The van der Waals surface area contributed by atoms with Gasteiger partial charge in [0.05, 0.1) is 17.7 Å². The largest absolute Gasteiger partial charge is 0.488 e. The van der Waals surface area contributed by atoms with Crippen LogP contribution < -0.4 is 10.1 Å². The Labute approximate surface area is 174 Å². The zero-order valence-corrected chi connectivity index (χ0v) is 16.6. The lowest BCUT2D eigenvalue weighted by atomic mass is 10.1. The van der Waals surface area contributed by atoms with Crippen LogP contribution in [0, 0.1) is 0 Å². The van der Waals surface area contributed by atoms with Gasteiger partial charge in [-0.05, 0) is 35.2 Å². The standard InChI is InChI=1S/C24H23NO5/c1-29-14-13-25-23(26)20(15-17-9-11-19(12-10-17)24(27)28)16-30-22-8-4-6-18-5-2-3-7-21(18)22/h2-12,15H,13-14,16H2,1H3,(H,25,26)(H,27,28)/b20-15+. The second kappa shape index (κ2) is 10.2. The lowest BCUT2D eigenvalue weighted by molar-refractivity contribution is -0.117. The van der Waals surface area contributed by atoms with Crippen LogP contribution in [-0.4, -0.2) is 43.9 Å². The van der Waals surface area contributed by atoms with Gasteiger partial charge in [-0.15, -0.1) is 0 Å². The third-order valence-corrected chi connectivity index (χ3v) is 4.51. The Hall–Kier alpha value is -3.64. The van der Waals surface area contributed by atoms with Crippen LogP contribution in [0.3, 0.4) is 0 Å². The smallest absolute Gasteiger partial charge is 0.335 e. The molecular formula is C24H23NO5. The Morgan fingerprint density at radius 1 is 1.00 bits per heavy atom. The quantitative estimate of drug-likeness (QED) is 0.418. The number of methoxy groups -OCH3 is 1. The Kier molecular flexibility index (Phi) is 7.19. The first-order valence-electron chi connectivity index (χ1n) is 9.50. The average molecular weight is 405 g/mol. The minimum atomic E-state index is -0.998. The Bertz CT molecular complexity index is 1050. The molecule has 0 atom stereocenters. The van der Waals surface area contributed by atoms with E-state index in [1.165, 1.54) is 12.1 Å². The van der Waals surface area contributed by atoms with Crippen LogP contribution >= 0.6 is 0 Å². The molecule has 6 nitrogen and oxygen atoms in total. The summed E-state index contributed by atoms with van der Waals surface area (Å²) in [6.45, 7) is 0.836. The lowest BCUT2D eigenvalue weighted by Gasteiger charge is -2.13. The zero-order chi connectivity index (χ0) is 21.3. The van der Waals surface area contributed by atoms with E-state index in [1.807, 2.05) is 42.5 Å². The summed E-state index contributed by atoms with van der Waals surface area (Å²) in [5.74, 6) is -0.582. The van der Waals surface area contributed by atoms with Crippen LogP contribution in [0.4, 0.5) is 0 Å². The van der Waals surface area contributed by atoms with Crippen molar-refractivity contribution < 1.29 is 24.2 Å². The summed E-state index contributed by atoms with van der Waals surface area (Å²) in [6, 6.07) is 20.0. The van der Waals surface area contributed by atoms with Gasteiger partial charge in [0.2, 0.25) is 0 Å². The van der Waals surface area contributed by atoms with Gasteiger partial charge in [0.15, 0.2) is 0 Å². The third kappa shape index (κ3) is 5.46. The molecule has 0 aromatic heterocycles. The molecule has 0 aliphatic heterocycles. The van der Waals surface area contributed by atoms with Gasteiger partial charge in [0.25, 0.3) is 5.91 Å². The highest BCUT2D eigenvalue weighted by molar-refractivity contribution is 5.98. The molecule has 3 aromatic carbocycles. The predicted octanol–water partition coefficient (Wildman–Crippen LogP) is 3.76. The van der Waals surface area contributed by atoms with Crippen LogP contribution in [0.1, 0.15) is 15.9 Å². The van der Waals surface area contributed by atoms with Gasteiger partial charge in [0.1, 0.15) is 12.4 Å². The molecule has 0 saturated heterocycles. The van der Waals surface area contributed by atoms with E-state index in [9.17, 15) is 9.59 Å². The van der Waals surface area contributed by atoms with Crippen molar-refractivity contribution in [2.75, 3.05) is 26.9 Å². The number of carboxylic acid groups (broad SMARTS) is 1. The monoisotopic (exact) mass is 405 g/mol. The first-order chi connectivity index (χ1) is 14.6. The van der Waals surface area contributed by atoms with Crippen molar-refractivity contribution in [1.29, 1.82) is 0 Å². The number of nitrogens with one attached hydrogen (secondary N) is 1. The normalized spacial score (nSPS) is 11.3. The number of ether oxygens (including phenoxy) is 2. The van der Waals surface area contributed by atoms with Gasteiger partial charge < -0.3 is 19.9 Å². The molecule has 0 radical (unpaired) electrons. The molecule has 0 heterocycles. The van der Waals surface area contributed by atoms with Crippen molar-refractivity contribution in [2.45, 2.75) is 0 Å². The summed E-state index contributed by atoms with van der Waals surface area (Å²) in [7, 11) is 1.57. The predicted molar refractivity (Wildman–Crippen MR) is 116 cm³/mol. The van der Waals surface area contributed by atoms with Crippen LogP contribution in [0.25, 0.3) is 16.8 Å². The minimum Gasteiger partial charge on any atom is -0.488 e. The molecule has 3 rings (SSSR count). The summed E-state index contributed by atoms with van der Waals surface area (Å²) in [6.07, 6.45) is 1.69. The summed E-state index contributed by atoms with van der Waals surface area (Å²) < 4.78 is 11.0. The van der Waals surface area contributed by atoms with E-state index in [2.05, 4.69) is 5.32 Å². The SMILES string of the molecule is COCCNC(=O)/C(=C/c1ccc(C(=O)O)cc1)COc1cccc2ccccc12. The highest BCUT2D eigenvalue weighted by Crippen LogP contribution is 2.25. The number of carbonyl (C=O) groups excluding carboxylic acids is 1. The highest BCUT2D eigenvalue weighted by atomic mass is 16.5. The molecule has 0 aliphatic carbocycles. The fraction of sp³-hybridized carbons (Fsp3) is 0.167. The van der Waals surface area contributed by atoms with Crippen molar-refractivity contribution in [1.82, 2.24) is 5.32 Å². The molecule has 0 fully saturated rings. The number of hydrogen-bond donors (Lipinski definition) is 2. The first kappa shape index (κ1) is 21.1. The summed E-state index contributed by atoms with van der Waals surface area (Å²) in [4.78, 5) is 23.7. The topological polar surface area (TPSA) is 84.9 Å². The lowest BCUT2D eigenvalue weighted by Crippen LogP contribution is -2.30. The number of aromatic carboxylic acids is 1. The van der Waals surface area contributed by atoms with Crippen molar-refractivity contribution in [3.05, 3.63) is 83.4 Å². The molecule has 0 aliphatic rings. The molecule has 2 N–H and O–H groups in total. The number of carbonyl (C=O) groups is 2. The molecule has 6 heteroatoms. The molecule has 0 saturated carbocycles. The van der Waals surface area contributed by atoms with Gasteiger partial charge >= 0.3 is 5.97 Å². The van der Waals surface area contributed by atoms with Crippen LogP contribution in [0.5, 0.6) is 5.75 Å². The number of carboxylic acids is 1. The minimum absolute atomic E-state index is 0.0630. The molecule has 154 valence electrons. The molecule has 30 heavy (non-hydrogen) atoms. The molecular weight excluding hydrogens is 382 g/mol. The van der Waals surface area contributed by atoms with E-state index in [4.69, 9.17) is 14.6 Å². The second-order valence-electron chi connectivity index (χ2n) is 6.61. The Balaban J connectivity index is 1.83. The van der Waals surface area contributed by atoms with Crippen molar-refractivity contribution in [3.63, 3.8) is 0 Å². The maximum absolute atomic E-state index is 12.7. The highest BCUT2D eigenvalue weighted by Gasteiger charge is 2.12. The summed E-state index contributed by atoms with van der Waals surface area (Å²) >= 11 is 0. The van der Waals surface area contributed by atoms with Gasteiger partial charge in [-0.25, -0.2) is 4.79 Å². The second-order valence-corrected chi connectivity index (χ2v) is 6.61. The molecule has 0 spiro atoms. The van der Waals surface area contributed by atoms with Crippen LogP contribution in [0.2, 0.25) is 0 Å². The van der Waals surface area contributed by atoms with Gasteiger partial charge in [-0.3, -0.25) is 4.79 Å². The number of amides is 1. The molecule has 3 aromatic rings. The maximum Gasteiger partial charge on any atom is 0.335 e. The maximum atomic E-state index is 12.7. The molecule has 1 amide bonds. The van der Waals surface area contributed by atoms with E-state index in [-0.39, 0.29) is 18.1 Å². The Morgan fingerprint density at radius 3 is 2.47 bits per heavy atom. The van der Waals surface area contributed by atoms with E-state index in [0.29, 0.717) is 30.0 Å². The van der Waals surface area contributed by atoms with E-state index in [1.54, 1.807) is 25.3 Å². The van der Waals surface area contributed by atoms with Crippen LogP contribution in [-0.2, 0) is 9.53 Å². The fourth-order valence-corrected chi connectivity index (χ4v) is 2.95. The molecule has 0 unspecified atom stereocenters. The number of hydrogen-bond acceptors (Lipinski definition) is 4. The van der Waals surface area contributed by atoms with E-state index < -0.39 is 5.97 Å². The van der Waals surface area contributed by atoms with Gasteiger partial charge in [0, 0.05) is 19.0 Å². The third-order valence-electron chi connectivity index (χ3n) is 4.51. The number of benzene rings is 3. The molecule has 0 bridgehead atoms. The van der Waals surface area contributed by atoms with Gasteiger partial charge in [-0.1, -0.05) is 48.5 Å². The van der Waals surface area contributed by atoms with Gasteiger partial charge in [-0.2, -0.15) is 0 Å². The fourth-order valence-electron chi connectivity index (χ4n) is 2.95. The Morgan fingerprint density at radius 2 is 1.73 bits per heavy atom. The van der Waals surface area contributed by atoms with E-state index >= 15 is 0 Å². The number of fused-ring (bicyclic) bond motifs is 1. The van der Waals surface area contributed by atoms with E-state index in [0.717, 1.165) is 10.8 Å². The zero-order valence-electron chi connectivity index (χ0n) is 16.6. The van der Waals surface area contributed by atoms with Crippen LogP contribution in [0.15, 0.2) is 72.3 Å². The summed E-state index contributed by atoms with van der Waals surface area (Å²) in [5, 5.41) is 13.9.